The number of hydrogen-bond donors (Lipinski definition) is 1. The molecule has 16 heavy (non-hydrogen) atoms. The fourth-order valence-corrected chi connectivity index (χ4v) is 3.98. The van der Waals surface area contributed by atoms with Gasteiger partial charge in [-0.1, -0.05) is 19.8 Å². The van der Waals surface area contributed by atoms with Crippen molar-refractivity contribution < 1.29 is 0 Å². The molecule has 1 aromatic heterocycles. The number of nitrogens with zero attached hydrogens (tertiary/aromatic N) is 1. The van der Waals surface area contributed by atoms with Gasteiger partial charge in [-0.15, -0.1) is 0 Å². The summed E-state index contributed by atoms with van der Waals surface area (Å²) in [7, 11) is 0. The van der Waals surface area contributed by atoms with Crippen LogP contribution in [0.1, 0.15) is 44.3 Å². The van der Waals surface area contributed by atoms with Gasteiger partial charge in [-0.25, -0.2) is 0 Å². The Hall–Kier alpha value is -0.220. The van der Waals surface area contributed by atoms with Gasteiger partial charge in [0.15, 0.2) is 4.77 Å². The molecule has 1 aliphatic carbocycles. The summed E-state index contributed by atoms with van der Waals surface area (Å²) in [5, 5.41) is 0.738. The zero-order chi connectivity index (χ0) is 11.5. The first-order valence-electron chi connectivity index (χ1n) is 6.09. The van der Waals surface area contributed by atoms with Crippen molar-refractivity contribution in [3.63, 3.8) is 0 Å². The molecule has 90 valence electrons. The Balaban J connectivity index is 2.33. The monoisotopic (exact) mass is 256 g/mol. The first-order valence-corrected chi connectivity index (χ1v) is 7.79. The maximum absolute atomic E-state index is 5.42. The highest BCUT2D eigenvalue weighted by molar-refractivity contribution is 7.99. The summed E-state index contributed by atoms with van der Waals surface area (Å²) in [6.45, 7) is 2.20. The van der Waals surface area contributed by atoms with Gasteiger partial charge in [0.1, 0.15) is 0 Å². The van der Waals surface area contributed by atoms with Crippen molar-refractivity contribution in [2.24, 2.45) is 0 Å². The summed E-state index contributed by atoms with van der Waals surface area (Å²) in [4.78, 5) is 3.20. The third kappa shape index (κ3) is 2.23. The standard InChI is InChI=1S/C12H20N2S2/c1-3-9-8-13-12(15)14(9)10-6-4-5-7-11(10)16-2/h8,10-11H,3-7H2,1-2H3,(H,13,15). The number of aromatic amines is 1. The molecule has 4 heteroatoms. The average molecular weight is 256 g/mol. The van der Waals surface area contributed by atoms with Gasteiger partial charge in [-0.2, -0.15) is 11.8 Å². The van der Waals surface area contributed by atoms with E-state index in [1.54, 1.807) is 0 Å². The highest BCUT2D eigenvalue weighted by Crippen LogP contribution is 2.36. The van der Waals surface area contributed by atoms with Crippen molar-refractivity contribution in [1.29, 1.82) is 0 Å². The number of aryl methyl sites for hydroxylation is 1. The normalized spacial score (nSPS) is 25.9. The number of imidazole rings is 1. The maximum atomic E-state index is 5.42. The van der Waals surface area contributed by atoms with Gasteiger partial charge in [-0.05, 0) is 37.7 Å². The van der Waals surface area contributed by atoms with E-state index in [0.717, 1.165) is 16.4 Å². The van der Waals surface area contributed by atoms with Crippen LogP contribution in [-0.2, 0) is 6.42 Å². The fraction of sp³-hybridized carbons (Fsp3) is 0.750. The van der Waals surface area contributed by atoms with Crippen LogP contribution in [0.3, 0.4) is 0 Å². The number of aromatic nitrogens is 2. The predicted molar refractivity (Wildman–Crippen MR) is 73.8 cm³/mol. The van der Waals surface area contributed by atoms with Gasteiger partial charge in [-0.3, -0.25) is 0 Å². The molecule has 2 atom stereocenters. The van der Waals surface area contributed by atoms with Gasteiger partial charge in [0.25, 0.3) is 0 Å². The van der Waals surface area contributed by atoms with Crippen LogP contribution in [0.4, 0.5) is 0 Å². The Morgan fingerprint density at radius 3 is 2.94 bits per heavy atom. The largest absolute Gasteiger partial charge is 0.337 e. The van der Waals surface area contributed by atoms with E-state index in [9.17, 15) is 0 Å². The van der Waals surface area contributed by atoms with Crippen LogP contribution in [0.5, 0.6) is 0 Å². The van der Waals surface area contributed by atoms with Crippen molar-refractivity contribution in [1.82, 2.24) is 9.55 Å². The number of rotatable bonds is 3. The zero-order valence-corrected chi connectivity index (χ0v) is 11.7. The van der Waals surface area contributed by atoms with Crippen molar-refractivity contribution in [2.45, 2.75) is 50.3 Å². The highest BCUT2D eigenvalue weighted by atomic mass is 32.2. The summed E-state index contributed by atoms with van der Waals surface area (Å²) in [6, 6.07) is 0.609. The van der Waals surface area contributed by atoms with Crippen molar-refractivity contribution in [2.75, 3.05) is 6.26 Å². The number of nitrogens with one attached hydrogen (secondary N) is 1. The minimum absolute atomic E-state index is 0.609. The summed E-state index contributed by atoms with van der Waals surface area (Å²) in [5.74, 6) is 0. The second kappa shape index (κ2) is 5.41. The summed E-state index contributed by atoms with van der Waals surface area (Å²) in [5.41, 5.74) is 1.36. The minimum atomic E-state index is 0.609. The Kier molecular flexibility index (Phi) is 4.14. The molecule has 0 saturated heterocycles. The van der Waals surface area contributed by atoms with Crippen molar-refractivity contribution >= 4 is 24.0 Å². The molecule has 1 heterocycles. The van der Waals surface area contributed by atoms with E-state index in [1.807, 2.05) is 11.8 Å². The zero-order valence-electron chi connectivity index (χ0n) is 10.0. The molecule has 1 fully saturated rings. The van der Waals surface area contributed by atoms with E-state index < -0.39 is 0 Å². The first-order chi connectivity index (χ1) is 7.77. The topological polar surface area (TPSA) is 20.7 Å². The molecule has 0 amide bonds. The summed E-state index contributed by atoms with van der Waals surface area (Å²) in [6.07, 6.45) is 10.7. The molecule has 2 nitrogen and oxygen atoms in total. The number of thioether (sulfide) groups is 1. The summed E-state index contributed by atoms with van der Waals surface area (Å²) < 4.78 is 3.28. The molecule has 0 spiro atoms. The van der Waals surface area contributed by atoms with E-state index in [-0.39, 0.29) is 0 Å². The lowest BCUT2D eigenvalue weighted by atomic mass is 9.94. The minimum Gasteiger partial charge on any atom is -0.337 e. The van der Waals surface area contributed by atoms with Crippen LogP contribution >= 0.6 is 24.0 Å². The lowest BCUT2D eigenvalue weighted by molar-refractivity contribution is 0.356. The van der Waals surface area contributed by atoms with Crippen molar-refractivity contribution in [3.05, 3.63) is 16.7 Å². The summed E-state index contributed by atoms with van der Waals surface area (Å²) >= 11 is 7.42. The van der Waals surface area contributed by atoms with Crippen LogP contribution in [0.15, 0.2) is 6.20 Å². The lowest BCUT2D eigenvalue weighted by Gasteiger charge is -2.32. The van der Waals surface area contributed by atoms with E-state index in [4.69, 9.17) is 12.2 Å². The molecule has 0 aliphatic heterocycles. The fourth-order valence-electron chi connectivity index (χ4n) is 2.70. The molecule has 1 N–H and O–H groups in total. The lowest BCUT2D eigenvalue weighted by Crippen LogP contribution is -2.26. The van der Waals surface area contributed by atoms with Gasteiger partial charge in [0.2, 0.25) is 0 Å². The van der Waals surface area contributed by atoms with Gasteiger partial charge in [0, 0.05) is 23.2 Å². The average Bonchev–Trinajstić information content (AvgIpc) is 2.70. The molecule has 2 rings (SSSR count). The Morgan fingerprint density at radius 1 is 1.50 bits per heavy atom. The molecular weight excluding hydrogens is 236 g/mol. The molecule has 0 bridgehead atoms. The van der Waals surface area contributed by atoms with Gasteiger partial charge in [0.05, 0.1) is 0 Å². The second-order valence-electron chi connectivity index (χ2n) is 4.43. The third-order valence-electron chi connectivity index (χ3n) is 3.55. The van der Waals surface area contributed by atoms with E-state index in [0.29, 0.717) is 6.04 Å². The van der Waals surface area contributed by atoms with Crippen LogP contribution in [0.25, 0.3) is 0 Å². The highest BCUT2D eigenvalue weighted by Gasteiger charge is 2.27. The number of hydrogen-bond acceptors (Lipinski definition) is 2. The molecule has 1 saturated carbocycles. The quantitative estimate of drug-likeness (QED) is 0.826. The molecule has 0 radical (unpaired) electrons. The first kappa shape index (κ1) is 12.2. The van der Waals surface area contributed by atoms with E-state index >= 15 is 0 Å². The smallest absolute Gasteiger partial charge is 0.177 e. The second-order valence-corrected chi connectivity index (χ2v) is 5.90. The van der Waals surface area contributed by atoms with Crippen LogP contribution in [0, 0.1) is 4.77 Å². The molecular formula is C12H20N2S2. The number of H-pyrrole nitrogens is 1. The van der Waals surface area contributed by atoms with Gasteiger partial charge < -0.3 is 9.55 Å². The third-order valence-corrected chi connectivity index (χ3v) is 5.02. The molecule has 1 aromatic rings. The SMILES string of the molecule is CCc1c[nH]c(=S)n1C1CCCCC1SC. The van der Waals surface area contributed by atoms with E-state index in [2.05, 4.69) is 28.9 Å². The Morgan fingerprint density at radius 2 is 2.25 bits per heavy atom. The van der Waals surface area contributed by atoms with Crippen LogP contribution < -0.4 is 0 Å². The van der Waals surface area contributed by atoms with Crippen LogP contribution in [0.2, 0.25) is 0 Å². The Bertz CT molecular complexity index is 394. The molecule has 0 aromatic carbocycles. The Labute approximate surface area is 107 Å². The molecule has 1 aliphatic rings. The van der Waals surface area contributed by atoms with Gasteiger partial charge >= 0.3 is 0 Å². The van der Waals surface area contributed by atoms with E-state index in [1.165, 1.54) is 31.4 Å². The maximum Gasteiger partial charge on any atom is 0.177 e. The van der Waals surface area contributed by atoms with Crippen LogP contribution in [-0.4, -0.2) is 21.1 Å². The van der Waals surface area contributed by atoms with Crippen molar-refractivity contribution in [3.8, 4) is 0 Å². The molecule has 2 unspecified atom stereocenters. The predicted octanol–water partition coefficient (Wildman–Crippen LogP) is 3.95.